The predicted molar refractivity (Wildman–Crippen MR) is 75.3 cm³/mol. The maximum absolute atomic E-state index is 5.51. The van der Waals surface area contributed by atoms with E-state index in [2.05, 4.69) is 25.3 Å². The maximum atomic E-state index is 5.51. The number of benzene rings is 1. The van der Waals surface area contributed by atoms with E-state index in [1.807, 2.05) is 24.3 Å². The van der Waals surface area contributed by atoms with Crippen LogP contribution in [0.25, 0.3) is 0 Å². The van der Waals surface area contributed by atoms with Crippen LogP contribution in [-0.4, -0.2) is 33.5 Å². The van der Waals surface area contributed by atoms with Crippen LogP contribution in [0, 0.1) is 0 Å². The quantitative estimate of drug-likeness (QED) is 0.433. The summed E-state index contributed by atoms with van der Waals surface area (Å²) >= 11 is 8.46. The van der Waals surface area contributed by atoms with E-state index in [9.17, 15) is 0 Å². The molecule has 3 nitrogen and oxygen atoms in total. The van der Waals surface area contributed by atoms with Crippen LogP contribution in [0.5, 0.6) is 5.75 Å². The standard InChI is InChI=1S/C12H18O3S2/c1-13-6-7-14-8-9-15-11-4-2-10(3-5-11)12(16)17/h2-5,12,16-17H,6-9H2,1H3. The lowest BCUT2D eigenvalue weighted by Crippen LogP contribution is -2.09. The molecule has 0 unspecified atom stereocenters. The zero-order chi connectivity index (χ0) is 12.5. The number of thiol groups is 2. The van der Waals surface area contributed by atoms with E-state index >= 15 is 0 Å². The van der Waals surface area contributed by atoms with Crippen LogP contribution in [-0.2, 0) is 9.47 Å². The topological polar surface area (TPSA) is 27.7 Å². The molecule has 0 saturated heterocycles. The molecule has 0 bridgehead atoms. The molecule has 0 aliphatic rings. The Kier molecular flexibility index (Phi) is 7.51. The smallest absolute Gasteiger partial charge is 0.119 e. The Labute approximate surface area is 113 Å². The molecule has 0 amide bonds. The van der Waals surface area contributed by atoms with Crippen molar-refractivity contribution in [1.29, 1.82) is 0 Å². The highest BCUT2D eigenvalue weighted by atomic mass is 32.2. The molecular weight excluding hydrogens is 256 g/mol. The zero-order valence-corrected chi connectivity index (χ0v) is 11.6. The van der Waals surface area contributed by atoms with Gasteiger partial charge in [0.2, 0.25) is 0 Å². The maximum Gasteiger partial charge on any atom is 0.119 e. The molecule has 1 rings (SSSR count). The first-order valence-corrected chi connectivity index (χ1v) is 6.43. The van der Waals surface area contributed by atoms with Gasteiger partial charge in [-0.3, -0.25) is 0 Å². The molecule has 0 aliphatic heterocycles. The fourth-order valence-electron chi connectivity index (χ4n) is 1.20. The van der Waals surface area contributed by atoms with E-state index in [0.717, 1.165) is 11.3 Å². The molecule has 0 spiro atoms. The van der Waals surface area contributed by atoms with Crippen molar-refractivity contribution in [3.8, 4) is 5.75 Å². The van der Waals surface area contributed by atoms with Gasteiger partial charge in [0, 0.05) is 7.11 Å². The van der Waals surface area contributed by atoms with Crippen LogP contribution in [0.3, 0.4) is 0 Å². The van der Waals surface area contributed by atoms with E-state index in [0.29, 0.717) is 26.4 Å². The fourth-order valence-corrected chi connectivity index (χ4v) is 1.54. The average molecular weight is 274 g/mol. The summed E-state index contributed by atoms with van der Waals surface area (Å²) in [6.07, 6.45) is 0. The van der Waals surface area contributed by atoms with Gasteiger partial charge in [0.15, 0.2) is 0 Å². The Bertz CT molecular complexity index is 301. The molecule has 0 radical (unpaired) electrons. The number of hydrogen-bond acceptors (Lipinski definition) is 5. The summed E-state index contributed by atoms with van der Waals surface area (Å²) in [5.74, 6) is 0.825. The molecule has 96 valence electrons. The van der Waals surface area contributed by atoms with Crippen molar-refractivity contribution >= 4 is 25.3 Å². The van der Waals surface area contributed by atoms with Crippen molar-refractivity contribution in [3.63, 3.8) is 0 Å². The van der Waals surface area contributed by atoms with Gasteiger partial charge in [0.05, 0.1) is 24.4 Å². The minimum absolute atomic E-state index is 0.0542. The lowest BCUT2D eigenvalue weighted by atomic mass is 10.2. The van der Waals surface area contributed by atoms with Gasteiger partial charge in [-0.1, -0.05) is 12.1 Å². The van der Waals surface area contributed by atoms with E-state index in [-0.39, 0.29) is 4.58 Å². The normalized spacial score (nSPS) is 10.8. The third-order valence-corrected chi connectivity index (χ3v) is 2.70. The van der Waals surface area contributed by atoms with Crippen molar-refractivity contribution in [2.45, 2.75) is 4.58 Å². The van der Waals surface area contributed by atoms with Gasteiger partial charge in [-0.05, 0) is 17.7 Å². The summed E-state index contributed by atoms with van der Waals surface area (Å²) in [5, 5.41) is 0. The largest absolute Gasteiger partial charge is 0.491 e. The second-order valence-corrected chi connectivity index (χ2v) is 4.84. The third kappa shape index (κ3) is 6.21. The number of methoxy groups -OCH3 is 1. The summed E-state index contributed by atoms with van der Waals surface area (Å²) in [5.41, 5.74) is 1.06. The van der Waals surface area contributed by atoms with Crippen LogP contribution in [0.15, 0.2) is 24.3 Å². The molecule has 0 N–H and O–H groups in total. The SMILES string of the molecule is COCCOCCOc1ccc(C(S)S)cc1. The van der Waals surface area contributed by atoms with Gasteiger partial charge in [0.25, 0.3) is 0 Å². The summed E-state index contributed by atoms with van der Waals surface area (Å²) in [4.78, 5) is 0. The summed E-state index contributed by atoms with van der Waals surface area (Å²) in [6, 6.07) is 7.71. The van der Waals surface area contributed by atoms with Crippen molar-refractivity contribution in [3.05, 3.63) is 29.8 Å². The molecular formula is C12H18O3S2. The summed E-state index contributed by atoms with van der Waals surface area (Å²) in [6.45, 7) is 2.31. The lowest BCUT2D eigenvalue weighted by molar-refractivity contribution is 0.0544. The van der Waals surface area contributed by atoms with Gasteiger partial charge in [0.1, 0.15) is 12.4 Å². The van der Waals surface area contributed by atoms with Gasteiger partial charge in [-0.25, -0.2) is 0 Å². The van der Waals surface area contributed by atoms with E-state index in [1.54, 1.807) is 7.11 Å². The second-order valence-electron chi connectivity index (χ2n) is 3.40. The average Bonchev–Trinajstić information content (AvgIpc) is 2.34. The number of hydrogen-bond donors (Lipinski definition) is 2. The first-order chi connectivity index (χ1) is 8.24. The lowest BCUT2D eigenvalue weighted by Gasteiger charge is -2.08. The fraction of sp³-hybridized carbons (Fsp3) is 0.500. The van der Waals surface area contributed by atoms with Crippen LogP contribution < -0.4 is 4.74 Å². The van der Waals surface area contributed by atoms with Gasteiger partial charge < -0.3 is 14.2 Å². The summed E-state index contributed by atoms with van der Waals surface area (Å²) < 4.78 is 15.6. The Balaban J connectivity index is 2.19. The van der Waals surface area contributed by atoms with E-state index < -0.39 is 0 Å². The molecule has 17 heavy (non-hydrogen) atoms. The van der Waals surface area contributed by atoms with Gasteiger partial charge >= 0.3 is 0 Å². The highest BCUT2D eigenvalue weighted by Gasteiger charge is 2.00. The van der Waals surface area contributed by atoms with Crippen LogP contribution in [0.1, 0.15) is 10.1 Å². The first kappa shape index (κ1) is 14.7. The van der Waals surface area contributed by atoms with Crippen molar-refractivity contribution in [2.75, 3.05) is 33.5 Å². The highest BCUT2D eigenvalue weighted by Crippen LogP contribution is 2.25. The molecule has 0 heterocycles. The molecule has 0 aromatic heterocycles. The van der Waals surface area contributed by atoms with Gasteiger partial charge in [-0.2, -0.15) is 25.3 Å². The van der Waals surface area contributed by atoms with Crippen LogP contribution in [0.4, 0.5) is 0 Å². The Morgan fingerprint density at radius 2 is 1.65 bits per heavy atom. The van der Waals surface area contributed by atoms with Crippen molar-refractivity contribution < 1.29 is 14.2 Å². The minimum atomic E-state index is -0.0542. The van der Waals surface area contributed by atoms with Crippen LogP contribution >= 0.6 is 25.3 Å². The molecule has 5 heteroatoms. The Morgan fingerprint density at radius 1 is 1.00 bits per heavy atom. The monoisotopic (exact) mass is 274 g/mol. The van der Waals surface area contributed by atoms with Crippen molar-refractivity contribution in [1.82, 2.24) is 0 Å². The number of rotatable bonds is 8. The zero-order valence-electron chi connectivity index (χ0n) is 9.83. The van der Waals surface area contributed by atoms with Gasteiger partial charge in [-0.15, -0.1) is 0 Å². The second kappa shape index (κ2) is 8.69. The molecule has 1 aromatic rings. The van der Waals surface area contributed by atoms with Crippen molar-refractivity contribution in [2.24, 2.45) is 0 Å². The minimum Gasteiger partial charge on any atom is -0.491 e. The molecule has 0 saturated carbocycles. The predicted octanol–water partition coefficient (Wildman–Crippen LogP) is 2.59. The molecule has 1 aromatic carbocycles. The highest BCUT2D eigenvalue weighted by molar-refractivity contribution is 7.98. The molecule has 0 fully saturated rings. The van der Waals surface area contributed by atoms with Crippen LogP contribution in [0.2, 0.25) is 0 Å². The number of ether oxygens (including phenoxy) is 3. The molecule has 0 aliphatic carbocycles. The van der Waals surface area contributed by atoms with E-state index in [4.69, 9.17) is 14.2 Å². The third-order valence-electron chi connectivity index (χ3n) is 2.11. The first-order valence-electron chi connectivity index (χ1n) is 5.39. The Hall–Kier alpha value is -0.360. The molecule has 0 atom stereocenters. The van der Waals surface area contributed by atoms with E-state index in [1.165, 1.54) is 0 Å². The Morgan fingerprint density at radius 3 is 2.24 bits per heavy atom. The summed E-state index contributed by atoms with van der Waals surface area (Å²) in [7, 11) is 1.65.